The van der Waals surface area contributed by atoms with Crippen LogP contribution in [-0.4, -0.2) is 37.6 Å². The minimum Gasteiger partial charge on any atom is -0.348 e. The molecule has 1 aliphatic rings. The van der Waals surface area contributed by atoms with Gasteiger partial charge in [-0.25, -0.2) is 4.98 Å². The molecule has 0 saturated carbocycles. The number of hydrogen-bond donors (Lipinski definition) is 2. The molecule has 140 valence electrons. The molecule has 2 N–H and O–H groups in total. The van der Waals surface area contributed by atoms with Crippen LogP contribution >= 0.6 is 24.8 Å². The lowest BCUT2D eigenvalue weighted by molar-refractivity contribution is 0.0956. The van der Waals surface area contributed by atoms with Gasteiger partial charge in [-0.2, -0.15) is 0 Å². The number of aromatic nitrogens is 1. The third-order valence-corrected chi connectivity index (χ3v) is 4.13. The number of benzene rings is 1. The lowest BCUT2D eigenvalue weighted by atomic mass is 10.1. The summed E-state index contributed by atoms with van der Waals surface area (Å²) >= 11 is 0. The Morgan fingerprint density at radius 3 is 2.58 bits per heavy atom. The van der Waals surface area contributed by atoms with E-state index in [0.29, 0.717) is 12.1 Å². The topological polar surface area (TPSA) is 57.3 Å². The fourth-order valence-corrected chi connectivity index (χ4v) is 2.63. The Morgan fingerprint density at radius 1 is 1.19 bits per heavy atom. The number of nitrogens with one attached hydrogen (secondary N) is 2. The number of para-hydroxylation sites is 1. The summed E-state index contributed by atoms with van der Waals surface area (Å²) in [5.74, 6) is 0.717. The Hall–Kier alpha value is -2.08. The Bertz CT molecular complexity index is 720. The first-order valence-electron chi connectivity index (χ1n) is 8.16. The van der Waals surface area contributed by atoms with Crippen LogP contribution in [0.2, 0.25) is 0 Å². The predicted molar refractivity (Wildman–Crippen MR) is 111 cm³/mol. The summed E-state index contributed by atoms with van der Waals surface area (Å²) in [5, 5.41) is 6.22. The standard InChI is InChI=1S/C19H22N4O.2ClH/c1-23(17-5-3-2-4-6-17)18-8-7-16(14-21-18)19(24)22-13-15-9-11-20-12-10-15;;/h2-9,14,20H,10-13H2,1H3,(H,22,24);2*1H. The minimum absolute atomic E-state index is 0. The number of anilines is 2. The van der Waals surface area contributed by atoms with E-state index in [9.17, 15) is 4.79 Å². The quantitative estimate of drug-likeness (QED) is 0.763. The zero-order valence-electron chi connectivity index (χ0n) is 14.6. The highest BCUT2D eigenvalue weighted by Gasteiger charge is 2.10. The van der Waals surface area contributed by atoms with Gasteiger partial charge in [0.2, 0.25) is 0 Å². The van der Waals surface area contributed by atoms with Gasteiger partial charge in [-0.15, -0.1) is 24.8 Å². The normalized spacial score (nSPS) is 12.9. The van der Waals surface area contributed by atoms with Gasteiger partial charge in [0.25, 0.3) is 5.91 Å². The van der Waals surface area contributed by atoms with Crippen LogP contribution in [0.4, 0.5) is 11.5 Å². The van der Waals surface area contributed by atoms with E-state index in [4.69, 9.17) is 0 Å². The Kier molecular flexibility index (Phi) is 9.13. The van der Waals surface area contributed by atoms with Crippen LogP contribution in [0, 0.1) is 0 Å². The molecular formula is C19H24Cl2N4O. The van der Waals surface area contributed by atoms with Crippen molar-refractivity contribution in [2.24, 2.45) is 0 Å². The van der Waals surface area contributed by atoms with Crippen LogP contribution in [0.1, 0.15) is 16.8 Å². The van der Waals surface area contributed by atoms with Crippen LogP contribution in [-0.2, 0) is 0 Å². The second kappa shape index (κ2) is 10.8. The first-order chi connectivity index (χ1) is 11.7. The fraction of sp³-hybridized carbons (Fsp3) is 0.263. The van der Waals surface area contributed by atoms with Crippen molar-refractivity contribution < 1.29 is 4.79 Å². The molecule has 2 heterocycles. The molecule has 1 amide bonds. The van der Waals surface area contributed by atoms with E-state index in [1.807, 2.05) is 54.4 Å². The smallest absolute Gasteiger partial charge is 0.253 e. The van der Waals surface area contributed by atoms with Crippen molar-refractivity contribution in [1.82, 2.24) is 15.6 Å². The number of amides is 1. The van der Waals surface area contributed by atoms with Crippen LogP contribution in [0.15, 0.2) is 60.3 Å². The maximum absolute atomic E-state index is 12.2. The summed E-state index contributed by atoms with van der Waals surface area (Å²) < 4.78 is 0. The number of hydrogen-bond acceptors (Lipinski definition) is 4. The van der Waals surface area contributed by atoms with Gasteiger partial charge in [-0.3, -0.25) is 4.79 Å². The molecule has 0 saturated heterocycles. The van der Waals surface area contributed by atoms with Gasteiger partial charge >= 0.3 is 0 Å². The molecule has 1 aliphatic heterocycles. The molecular weight excluding hydrogens is 371 g/mol. The molecule has 1 aromatic carbocycles. The summed E-state index contributed by atoms with van der Waals surface area (Å²) in [4.78, 5) is 18.6. The Balaban J connectivity index is 0.00000169. The van der Waals surface area contributed by atoms with Gasteiger partial charge in [0, 0.05) is 32.0 Å². The summed E-state index contributed by atoms with van der Waals surface area (Å²) in [5.41, 5.74) is 2.91. The molecule has 3 rings (SSSR count). The minimum atomic E-state index is -0.0872. The van der Waals surface area contributed by atoms with Crippen LogP contribution in [0.3, 0.4) is 0 Å². The molecule has 7 heteroatoms. The van der Waals surface area contributed by atoms with Crippen molar-refractivity contribution in [3.05, 3.63) is 65.9 Å². The number of pyridine rings is 1. The number of nitrogens with zero attached hydrogens (tertiary/aromatic N) is 2. The number of carbonyl (C=O) groups is 1. The average Bonchev–Trinajstić information content (AvgIpc) is 2.67. The monoisotopic (exact) mass is 394 g/mol. The van der Waals surface area contributed by atoms with Crippen LogP contribution < -0.4 is 15.5 Å². The van der Waals surface area contributed by atoms with Crippen molar-refractivity contribution in [1.29, 1.82) is 0 Å². The van der Waals surface area contributed by atoms with E-state index in [1.54, 1.807) is 6.20 Å². The second-order valence-electron chi connectivity index (χ2n) is 5.80. The fourth-order valence-electron chi connectivity index (χ4n) is 2.63. The van der Waals surface area contributed by atoms with Gasteiger partial charge in [0.1, 0.15) is 5.82 Å². The lowest BCUT2D eigenvalue weighted by Gasteiger charge is -2.18. The largest absolute Gasteiger partial charge is 0.348 e. The lowest BCUT2D eigenvalue weighted by Crippen LogP contribution is -2.29. The molecule has 0 unspecified atom stereocenters. The number of halogens is 2. The Morgan fingerprint density at radius 2 is 1.96 bits per heavy atom. The van der Waals surface area contributed by atoms with E-state index < -0.39 is 0 Å². The molecule has 0 fully saturated rings. The second-order valence-corrected chi connectivity index (χ2v) is 5.80. The molecule has 1 aromatic heterocycles. The van der Waals surface area contributed by atoms with Crippen molar-refractivity contribution in [3.63, 3.8) is 0 Å². The third kappa shape index (κ3) is 5.73. The van der Waals surface area contributed by atoms with Crippen molar-refractivity contribution in [3.8, 4) is 0 Å². The highest BCUT2D eigenvalue weighted by Crippen LogP contribution is 2.20. The third-order valence-electron chi connectivity index (χ3n) is 4.13. The van der Waals surface area contributed by atoms with E-state index in [2.05, 4.69) is 21.7 Å². The first kappa shape index (κ1) is 22.0. The molecule has 2 aromatic rings. The maximum atomic E-state index is 12.2. The SMILES string of the molecule is CN(c1ccccc1)c1ccc(C(=O)NCC2=CCNCC2)cn1.Cl.Cl. The summed E-state index contributed by atoms with van der Waals surface area (Å²) in [6.45, 7) is 2.46. The van der Waals surface area contributed by atoms with E-state index in [1.165, 1.54) is 5.57 Å². The first-order valence-corrected chi connectivity index (χ1v) is 8.16. The Labute approximate surface area is 166 Å². The number of carbonyl (C=O) groups excluding carboxylic acids is 1. The van der Waals surface area contributed by atoms with Gasteiger partial charge in [0.05, 0.1) is 5.56 Å². The molecule has 0 atom stereocenters. The van der Waals surface area contributed by atoms with Crippen molar-refractivity contribution in [2.75, 3.05) is 31.6 Å². The highest BCUT2D eigenvalue weighted by atomic mass is 35.5. The van der Waals surface area contributed by atoms with Crippen LogP contribution in [0.5, 0.6) is 0 Å². The molecule has 0 bridgehead atoms. The zero-order valence-corrected chi connectivity index (χ0v) is 16.3. The molecule has 0 radical (unpaired) electrons. The van der Waals surface area contributed by atoms with Crippen molar-refractivity contribution in [2.45, 2.75) is 6.42 Å². The summed E-state index contributed by atoms with van der Waals surface area (Å²) in [6, 6.07) is 13.7. The predicted octanol–water partition coefficient (Wildman–Crippen LogP) is 3.34. The van der Waals surface area contributed by atoms with Gasteiger partial charge in [-0.1, -0.05) is 29.8 Å². The summed E-state index contributed by atoms with van der Waals surface area (Å²) in [7, 11) is 1.96. The molecule has 26 heavy (non-hydrogen) atoms. The molecule has 0 spiro atoms. The summed E-state index contributed by atoms with van der Waals surface area (Å²) in [6.07, 6.45) is 4.75. The molecule has 5 nitrogen and oxygen atoms in total. The van der Waals surface area contributed by atoms with E-state index in [0.717, 1.165) is 31.0 Å². The van der Waals surface area contributed by atoms with E-state index in [-0.39, 0.29) is 30.7 Å². The van der Waals surface area contributed by atoms with Gasteiger partial charge < -0.3 is 15.5 Å². The van der Waals surface area contributed by atoms with Gasteiger partial charge in [0.15, 0.2) is 0 Å². The van der Waals surface area contributed by atoms with Crippen LogP contribution in [0.25, 0.3) is 0 Å². The number of rotatable bonds is 5. The highest BCUT2D eigenvalue weighted by molar-refractivity contribution is 5.94. The zero-order chi connectivity index (χ0) is 16.8. The van der Waals surface area contributed by atoms with E-state index >= 15 is 0 Å². The average molecular weight is 395 g/mol. The van der Waals surface area contributed by atoms with Crippen molar-refractivity contribution >= 4 is 42.2 Å². The maximum Gasteiger partial charge on any atom is 0.253 e. The molecule has 0 aliphatic carbocycles. The van der Waals surface area contributed by atoms with Gasteiger partial charge in [-0.05, 0) is 37.2 Å².